The Bertz CT molecular complexity index is 499. The topological polar surface area (TPSA) is 103 Å². The van der Waals surface area contributed by atoms with E-state index in [1.165, 1.54) is 0 Å². The van der Waals surface area contributed by atoms with E-state index in [1.807, 2.05) is 0 Å². The van der Waals surface area contributed by atoms with Gasteiger partial charge in [-0.15, -0.1) is 0 Å². The fourth-order valence-electron chi connectivity index (χ4n) is 1.08. The third-order valence-corrected chi connectivity index (χ3v) is 2.33. The molecular formula is C8H9BrN6O. The zero-order chi connectivity index (χ0) is 11.5. The first-order valence-corrected chi connectivity index (χ1v) is 5.25. The maximum atomic E-state index is 5.47. The van der Waals surface area contributed by atoms with Gasteiger partial charge < -0.3 is 15.6 Å². The van der Waals surface area contributed by atoms with Crippen molar-refractivity contribution in [3.8, 4) is 0 Å². The van der Waals surface area contributed by atoms with Crippen molar-refractivity contribution < 1.29 is 4.52 Å². The Morgan fingerprint density at radius 3 is 3.00 bits per heavy atom. The first kappa shape index (κ1) is 10.8. The Hall–Kier alpha value is -1.70. The second kappa shape index (κ2) is 4.44. The Kier molecular flexibility index (Phi) is 3.00. The number of hydrogen-bond donors (Lipinski definition) is 2. The smallest absolute Gasteiger partial charge is 0.223 e. The number of nitrogens with one attached hydrogen (secondary N) is 1. The van der Waals surface area contributed by atoms with Crippen molar-refractivity contribution in [2.24, 2.45) is 0 Å². The van der Waals surface area contributed by atoms with Gasteiger partial charge in [0.1, 0.15) is 5.82 Å². The summed E-state index contributed by atoms with van der Waals surface area (Å²) < 4.78 is 5.56. The van der Waals surface area contributed by atoms with Crippen LogP contribution in [0.25, 0.3) is 0 Å². The molecule has 8 heteroatoms. The molecule has 0 aliphatic carbocycles. The molecule has 2 aromatic heterocycles. The summed E-state index contributed by atoms with van der Waals surface area (Å²) in [5.41, 5.74) is 5.47. The Morgan fingerprint density at radius 1 is 1.50 bits per heavy atom. The largest absolute Gasteiger partial charge is 0.368 e. The molecule has 84 valence electrons. The molecule has 7 nitrogen and oxygen atoms in total. The molecular weight excluding hydrogens is 276 g/mol. The third-order valence-electron chi connectivity index (χ3n) is 1.75. The molecule has 0 bridgehead atoms. The number of hydrogen-bond acceptors (Lipinski definition) is 7. The molecule has 0 spiro atoms. The number of aryl methyl sites for hydroxylation is 1. The third kappa shape index (κ3) is 2.45. The molecule has 3 N–H and O–H groups in total. The fourth-order valence-corrected chi connectivity index (χ4v) is 1.41. The van der Waals surface area contributed by atoms with Gasteiger partial charge in [-0.2, -0.15) is 9.97 Å². The Morgan fingerprint density at radius 2 is 2.31 bits per heavy atom. The molecule has 2 heterocycles. The molecule has 0 unspecified atom stereocenters. The highest BCUT2D eigenvalue weighted by Crippen LogP contribution is 2.19. The van der Waals surface area contributed by atoms with Gasteiger partial charge in [-0.3, -0.25) is 0 Å². The van der Waals surface area contributed by atoms with Crippen LogP contribution in [0, 0.1) is 6.92 Å². The van der Waals surface area contributed by atoms with Gasteiger partial charge in [0, 0.05) is 13.1 Å². The SMILES string of the molecule is Cc1nc(CNc2nc(N)ncc2Br)no1. The highest BCUT2D eigenvalue weighted by atomic mass is 79.9. The van der Waals surface area contributed by atoms with E-state index >= 15 is 0 Å². The van der Waals surface area contributed by atoms with E-state index in [0.717, 1.165) is 4.47 Å². The number of rotatable bonds is 3. The molecule has 0 aliphatic rings. The molecule has 0 saturated carbocycles. The molecule has 0 radical (unpaired) electrons. The molecule has 0 fully saturated rings. The summed E-state index contributed by atoms with van der Waals surface area (Å²) in [5.74, 6) is 1.88. The lowest BCUT2D eigenvalue weighted by Crippen LogP contribution is -2.06. The van der Waals surface area contributed by atoms with Crippen LogP contribution in [-0.2, 0) is 6.54 Å². The van der Waals surface area contributed by atoms with Crippen molar-refractivity contribution in [2.45, 2.75) is 13.5 Å². The van der Waals surface area contributed by atoms with E-state index in [4.69, 9.17) is 10.3 Å². The quantitative estimate of drug-likeness (QED) is 0.871. The number of aromatic nitrogens is 4. The average Bonchev–Trinajstić information content (AvgIpc) is 2.66. The van der Waals surface area contributed by atoms with Gasteiger partial charge in [0.25, 0.3) is 0 Å². The van der Waals surface area contributed by atoms with Gasteiger partial charge in [-0.05, 0) is 15.9 Å². The Balaban J connectivity index is 2.07. The summed E-state index contributed by atoms with van der Waals surface area (Å²) in [4.78, 5) is 11.9. The van der Waals surface area contributed by atoms with Crippen molar-refractivity contribution in [3.05, 3.63) is 22.4 Å². The summed E-state index contributed by atoms with van der Waals surface area (Å²) in [7, 11) is 0. The van der Waals surface area contributed by atoms with Gasteiger partial charge in [-0.25, -0.2) is 4.98 Å². The van der Waals surface area contributed by atoms with E-state index in [9.17, 15) is 0 Å². The van der Waals surface area contributed by atoms with Crippen LogP contribution in [0.4, 0.5) is 11.8 Å². The first-order chi connectivity index (χ1) is 7.65. The van der Waals surface area contributed by atoms with Crippen molar-refractivity contribution in [2.75, 3.05) is 11.1 Å². The van der Waals surface area contributed by atoms with Crippen molar-refractivity contribution in [1.82, 2.24) is 20.1 Å². The van der Waals surface area contributed by atoms with Crippen LogP contribution in [0.3, 0.4) is 0 Å². The van der Waals surface area contributed by atoms with Crippen molar-refractivity contribution in [1.29, 1.82) is 0 Å². The molecule has 0 saturated heterocycles. The standard InChI is InChI=1S/C8H9BrN6O/c1-4-13-6(15-16-4)3-11-7-5(9)2-12-8(10)14-7/h2H,3H2,1H3,(H3,10,11,12,14). The van der Waals surface area contributed by atoms with Gasteiger partial charge >= 0.3 is 0 Å². The van der Waals surface area contributed by atoms with Gasteiger partial charge in [-0.1, -0.05) is 5.16 Å². The van der Waals surface area contributed by atoms with Crippen LogP contribution in [0.5, 0.6) is 0 Å². The van der Waals surface area contributed by atoms with Crippen LogP contribution in [-0.4, -0.2) is 20.1 Å². The van der Waals surface area contributed by atoms with Crippen LogP contribution in [0.2, 0.25) is 0 Å². The molecule has 0 aromatic carbocycles. The second-order valence-electron chi connectivity index (χ2n) is 3.01. The van der Waals surface area contributed by atoms with E-state index in [2.05, 4.69) is 41.4 Å². The molecule has 0 aliphatic heterocycles. The normalized spacial score (nSPS) is 10.4. The lowest BCUT2D eigenvalue weighted by Gasteiger charge is -2.04. The average molecular weight is 285 g/mol. The lowest BCUT2D eigenvalue weighted by molar-refractivity contribution is 0.388. The summed E-state index contributed by atoms with van der Waals surface area (Å²) >= 11 is 3.30. The number of anilines is 2. The summed E-state index contributed by atoms with van der Waals surface area (Å²) in [6.07, 6.45) is 1.58. The molecule has 16 heavy (non-hydrogen) atoms. The predicted octanol–water partition coefficient (Wildman–Crippen LogP) is 1.12. The van der Waals surface area contributed by atoms with Crippen LogP contribution < -0.4 is 11.1 Å². The Labute approximate surface area is 99.6 Å². The van der Waals surface area contributed by atoms with Crippen LogP contribution >= 0.6 is 15.9 Å². The van der Waals surface area contributed by atoms with Crippen LogP contribution in [0.1, 0.15) is 11.7 Å². The zero-order valence-corrected chi connectivity index (χ0v) is 10.0. The minimum absolute atomic E-state index is 0.204. The molecule has 0 atom stereocenters. The number of nitrogens with zero attached hydrogens (tertiary/aromatic N) is 4. The van der Waals surface area contributed by atoms with Crippen molar-refractivity contribution in [3.63, 3.8) is 0 Å². The van der Waals surface area contributed by atoms with E-state index in [0.29, 0.717) is 24.1 Å². The number of halogens is 1. The number of nitrogen functional groups attached to an aromatic ring is 1. The molecule has 2 aromatic rings. The predicted molar refractivity (Wildman–Crippen MR) is 60.5 cm³/mol. The van der Waals surface area contributed by atoms with Gasteiger partial charge in [0.05, 0.1) is 11.0 Å². The maximum Gasteiger partial charge on any atom is 0.223 e. The van der Waals surface area contributed by atoms with Crippen molar-refractivity contribution >= 4 is 27.7 Å². The minimum Gasteiger partial charge on any atom is -0.368 e. The van der Waals surface area contributed by atoms with Crippen LogP contribution in [0.15, 0.2) is 15.2 Å². The summed E-state index contributed by atoms with van der Waals surface area (Å²) in [6, 6.07) is 0. The van der Waals surface area contributed by atoms with Gasteiger partial charge in [0.15, 0.2) is 5.82 Å². The highest BCUT2D eigenvalue weighted by molar-refractivity contribution is 9.10. The first-order valence-electron chi connectivity index (χ1n) is 4.46. The summed E-state index contributed by atoms with van der Waals surface area (Å²) in [6.45, 7) is 2.14. The molecule has 0 amide bonds. The zero-order valence-electron chi connectivity index (χ0n) is 8.44. The van der Waals surface area contributed by atoms with E-state index in [1.54, 1.807) is 13.1 Å². The van der Waals surface area contributed by atoms with E-state index < -0.39 is 0 Å². The van der Waals surface area contributed by atoms with E-state index in [-0.39, 0.29) is 5.95 Å². The van der Waals surface area contributed by atoms with Gasteiger partial charge in [0.2, 0.25) is 11.8 Å². The fraction of sp³-hybridized carbons (Fsp3) is 0.250. The highest BCUT2D eigenvalue weighted by Gasteiger charge is 2.05. The summed E-state index contributed by atoms with van der Waals surface area (Å²) in [5, 5.41) is 6.76. The monoisotopic (exact) mass is 284 g/mol. The second-order valence-corrected chi connectivity index (χ2v) is 3.86. The number of nitrogens with two attached hydrogens (primary N) is 1. The molecule has 2 rings (SSSR count). The minimum atomic E-state index is 0.204. The maximum absolute atomic E-state index is 5.47. The lowest BCUT2D eigenvalue weighted by atomic mass is 10.5.